The number of carbonyl (C=O) groups excluding carboxylic acids is 1. The molecular formula is C16H26N2O3. The fraction of sp³-hybridized carbons (Fsp3) is 0.875. The Labute approximate surface area is 126 Å². The molecule has 0 radical (unpaired) electrons. The lowest BCUT2D eigenvalue weighted by Crippen LogP contribution is -2.62. The third-order valence-electron chi connectivity index (χ3n) is 5.92. The first kappa shape index (κ1) is 14.8. The molecule has 1 spiro atoms. The number of amides is 1. The van der Waals surface area contributed by atoms with Gasteiger partial charge in [-0.2, -0.15) is 0 Å². The second-order valence-electron chi connectivity index (χ2n) is 7.07. The predicted molar refractivity (Wildman–Crippen MR) is 78.9 cm³/mol. The molecule has 0 aromatic carbocycles. The van der Waals surface area contributed by atoms with Crippen molar-refractivity contribution in [2.45, 2.75) is 51.0 Å². The Morgan fingerprint density at radius 3 is 2.19 bits per heavy atom. The van der Waals surface area contributed by atoms with Crippen molar-refractivity contribution < 1.29 is 14.7 Å². The Hall–Kier alpha value is -1.10. The van der Waals surface area contributed by atoms with Crippen LogP contribution in [0.1, 0.15) is 44.9 Å². The molecule has 21 heavy (non-hydrogen) atoms. The van der Waals surface area contributed by atoms with Gasteiger partial charge in [-0.05, 0) is 50.6 Å². The summed E-state index contributed by atoms with van der Waals surface area (Å²) in [6.07, 6.45) is 9.33. The van der Waals surface area contributed by atoms with E-state index in [9.17, 15) is 4.79 Å². The van der Waals surface area contributed by atoms with Crippen LogP contribution in [-0.2, 0) is 9.59 Å². The summed E-state index contributed by atoms with van der Waals surface area (Å²) in [4.78, 5) is 25.4. The number of hydrogen-bond donors (Lipinski definition) is 1. The van der Waals surface area contributed by atoms with Gasteiger partial charge in [-0.1, -0.05) is 12.8 Å². The van der Waals surface area contributed by atoms with Crippen molar-refractivity contribution in [2.75, 3.05) is 26.2 Å². The van der Waals surface area contributed by atoms with Crippen molar-refractivity contribution in [3.8, 4) is 0 Å². The van der Waals surface area contributed by atoms with E-state index in [4.69, 9.17) is 9.90 Å². The number of nitrogens with zero attached hydrogens (tertiary/aromatic N) is 2. The van der Waals surface area contributed by atoms with Crippen molar-refractivity contribution in [1.29, 1.82) is 0 Å². The van der Waals surface area contributed by atoms with Gasteiger partial charge in [0.15, 0.2) is 0 Å². The molecule has 0 aromatic heterocycles. The van der Waals surface area contributed by atoms with E-state index < -0.39 is 0 Å². The molecule has 5 nitrogen and oxygen atoms in total. The summed E-state index contributed by atoms with van der Waals surface area (Å²) in [6.45, 7) is 4.32. The third-order valence-corrected chi connectivity index (χ3v) is 5.92. The molecule has 4 fully saturated rings. The van der Waals surface area contributed by atoms with Crippen LogP contribution in [0.4, 0.5) is 0 Å². The van der Waals surface area contributed by atoms with Crippen LogP contribution in [0.25, 0.3) is 0 Å². The lowest BCUT2D eigenvalue weighted by atomic mass is 9.79. The van der Waals surface area contributed by atoms with Crippen LogP contribution in [0.15, 0.2) is 0 Å². The molecule has 0 bridgehead atoms. The smallest absolute Gasteiger partial charge is 0.290 e. The molecule has 0 aromatic rings. The number of rotatable bonds is 2. The van der Waals surface area contributed by atoms with Crippen LogP contribution < -0.4 is 0 Å². The van der Waals surface area contributed by atoms with Gasteiger partial charge < -0.3 is 10.0 Å². The van der Waals surface area contributed by atoms with Crippen molar-refractivity contribution in [3.05, 3.63) is 0 Å². The Balaban J connectivity index is 0.000000409. The lowest BCUT2D eigenvalue weighted by Gasteiger charge is -2.47. The quantitative estimate of drug-likeness (QED) is 0.785. The second kappa shape index (κ2) is 5.95. The van der Waals surface area contributed by atoms with Crippen LogP contribution in [0.3, 0.4) is 0 Å². The molecule has 2 aliphatic carbocycles. The maximum atomic E-state index is 12.3. The summed E-state index contributed by atoms with van der Waals surface area (Å²) < 4.78 is 0. The lowest BCUT2D eigenvalue weighted by molar-refractivity contribution is -0.141. The van der Waals surface area contributed by atoms with Gasteiger partial charge in [0.1, 0.15) is 0 Å². The van der Waals surface area contributed by atoms with Gasteiger partial charge in [0.2, 0.25) is 5.91 Å². The van der Waals surface area contributed by atoms with Gasteiger partial charge in [-0.15, -0.1) is 0 Å². The molecule has 2 saturated heterocycles. The molecule has 1 unspecified atom stereocenters. The standard InChI is InChI=1S/C15H24N2O.CH2O2/c18-14(13-9-15(13)5-4-6-15)17-10-12(11-17)16-7-2-1-3-8-16;2-1-3/h12-13H,1-11H2;1H,(H,2,3). The van der Waals surface area contributed by atoms with E-state index in [1.165, 1.54) is 58.0 Å². The van der Waals surface area contributed by atoms with Crippen molar-refractivity contribution in [1.82, 2.24) is 9.80 Å². The van der Waals surface area contributed by atoms with E-state index in [2.05, 4.69) is 9.80 Å². The molecule has 2 saturated carbocycles. The van der Waals surface area contributed by atoms with Crippen molar-refractivity contribution in [3.63, 3.8) is 0 Å². The van der Waals surface area contributed by atoms with Crippen molar-refractivity contribution in [2.24, 2.45) is 11.3 Å². The SMILES string of the molecule is O=C(C1CC12CCC2)N1CC(N2CCCCC2)C1.O=CO. The van der Waals surface area contributed by atoms with Crippen molar-refractivity contribution >= 4 is 12.4 Å². The first-order chi connectivity index (χ1) is 10.2. The first-order valence-corrected chi connectivity index (χ1v) is 8.31. The Bertz CT molecular complexity index is 396. The highest BCUT2D eigenvalue weighted by Gasteiger charge is 2.62. The number of piperidine rings is 1. The van der Waals surface area contributed by atoms with Crippen LogP contribution in [0.2, 0.25) is 0 Å². The molecule has 2 aliphatic heterocycles. The molecule has 4 aliphatic rings. The molecule has 1 N–H and O–H groups in total. The van der Waals surface area contributed by atoms with Crippen LogP contribution in [0.5, 0.6) is 0 Å². The molecule has 4 rings (SSSR count). The Morgan fingerprint density at radius 1 is 1.10 bits per heavy atom. The fourth-order valence-corrected chi connectivity index (χ4v) is 4.25. The van der Waals surface area contributed by atoms with E-state index in [0.29, 0.717) is 23.3 Å². The number of carbonyl (C=O) groups is 2. The zero-order valence-electron chi connectivity index (χ0n) is 12.7. The highest BCUT2D eigenvalue weighted by Crippen LogP contribution is 2.66. The Morgan fingerprint density at radius 2 is 1.71 bits per heavy atom. The number of carboxylic acid groups (broad SMARTS) is 1. The highest BCUT2D eigenvalue weighted by molar-refractivity contribution is 5.83. The maximum absolute atomic E-state index is 12.3. The van der Waals surface area contributed by atoms with Crippen LogP contribution >= 0.6 is 0 Å². The average molecular weight is 294 g/mol. The summed E-state index contributed by atoms with van der Waals surface area (Å²) in [7, 11) is 0. The van der Waals surface area contributed by atoms with Gasteiger partial charge in [0, 0.05) is 25.0 Å². The summed E-state index contributed by atoms with van der Waals surface area (Å²) in [5.74, 6) is 0.913. The molecule has 118 valence electrons. The van der Waals surface area contributed by atoms with Gasteiger partial charge in [0.25, 0.3) is 6.47 Å². The largest absolute Gasteiger partial charge is 0.483 e. The number of likely N-dealkylation sites (tertiary alicyclic amines) is 2. The van der Waals surface area contributed by atoms with Crippen LogP contribution in [-0.4, -0.2) is 59.5 Å². The average Bonchev–Trinajstić information content (AvgIpc) is 3.15. The van der Waals surface area contributed by atoms with E-state index in [0.717, 1.165) is 13.1 Å². The summed E-state index contributed by atoms with van der Waals surface area (Å²) >= 11 is 0. The fourth-order valence-electron chi connectivity index (χ4n) is 4.25. The van der Waals surface area contributed by atoms with Gasteiger partial charge in [-0.25, -0.2) is 0 Å². The van der Waals surface area contributed by atoms with E-state index in [-0.39, 0.29) is 6.47 Å². The van der Waals surface area contributed by atoms with Crippen LogP contribution in [0, 0.1) is 11.3 Å². The van der Waals surface area contributed by atoms with Gasteiger partial charge >= 0.3 is 0 Å². The summed E-state index contributed by atoms with van der Waals surface area (Å²) in [6, 6.07) is 0.686. The predicted octanol–water partition coefficient (Wildman–Crippen LogP) is 1.57. The first-order valence-electron chi connectivity index (χ1n) is 8.31. The molecular weight excluding hydrogens is 268 g/mol. The minimum absolute atomic E-state index is 0.250. The maximum Gasteiger partial charge on any atom is 0.290 e. The summed E-state index contributed by atoms with van der Waals surface area (Å²) in [5.41, 5.74) is 0.507. The van der Waals surface area contributed by atoms with E-state index in [1.54, 1.807) is 0 Å². The molecule has 2 heterocycles. The topological polar surface area (TPSA) is 60.9 Å². The Kier molecular flexibility index (Phi) is 4.20. The third kappa shape index (κ3) is 2.80. The second-order valence-corrected chi connectivity index (χ2v) is 7.07. The van der Waals surface area contributed by atoms with E-state index in [1.807, 2.05) is 0 Å². The normalized spacial score (nSPS) is 30.7. The van der Waals surface area contributed by atoms with Gasteiger partial charge in [-0.3, -0.25) is 14.5 Å². The molecule has 5 heteroatoms. The minimum Gasteiger partial charge on any atom is -0.483 e. The zero-order valence-corrected chi connectivity index (χ0v) is 12.7. The monoisotopic (exact) mass is 294 g/mol. The number of hydrogen-bond acceptors (Lipinski definition) is 3. The van der Waals surface area contributed by atoms with Gasteiger partial charge in [0.05, 0.1) is 0 Å². The highest BCUT2D eigenvalue weighted by atomic mass is 16.3. The molecule has 1 atom stereocenters. The zero-order chi connectivity index (χ0) is 14.9. The summed E-state index contributed by atoms with van der Waals surface area (Å²) in [5, 5.41) is 6.89. The minimum atomic E-state index is -0.250. The van der Waals surface area contributed by atoms with E-state index >= 15 is 0 Å². The molecule has 1 amide bonds.